The van der Waals surface area contributed by atoms with Gasteiger partial charge in [0.25, 0.3) is 0 Å². The van der Waals surface area contributed by atoms with Crippen molar-refractivity contribution in [1.29, 1.82) is 0 Å². The average Bonchev–Trinajstić information content (AvgIpc) is 3.02. The number of sulfonamides is 1. The lowest BCUT2D eigenvalue weighted by atomic mass is 10.1. The molecule has 0 spiro atoms. The molecule has 2 aliphatic heterocycles. The van der Waals surface area contributed by atoms with Crippen LogP contribution in [0.3, 0.4) is 0 Å². The van der Waals surface area contributed by atoms with Gasteiger partial charge >= 0.3 is 0 Å². The van der Waals surface area contributed by atoms with Crippen LogP contribution in [-0.2, 0) is 14.8 Å². The van der Waals surface area contributed by atoms with Crippen LogP contribution in [0.25, 0.3) is 0 Å². The summed E-state index contributed by atoms with van der Waals surface area (Å²) in [7, 11) is -3.61. The van der Waals surface area contributed by atoms with Gasteiger partial charge < -0.3 is 15.0 Å². The summed E-state index contributed by atoms with van der Waals surface area (Å²) >= 11 is 0. The highest BCUT2D eigenvalue weighted by atomic mass is 32.2. The van der Waals surface area contributed by atoms with Gasteiger partial charge in [0.1, 0.15) is 11.9 Å². The maximum Gasteiger partial charge on any atom is 0.243 e. The Bertz CT molecular complexity index is 837. The molecule has 162 valence electrons. The molecule has 2 unspecified atom stereocenters. The first-order chi connectivity index (χ1) is 13.8. The molecular formula is C20H32N4O4S. The van der Waals surface area contributed by atoms with Crippen molar-refractivity contribution in [3.63, 3.8) is 0 Å². The van der Waals surface area contributed by atoms with Crippen LogP contribution in [0, 0.1) is 0 Å². The molecule has 2 saturated heterocycles. The smallest absolute Gasteiger partial charge is 0.243 e. The molecule has 2 fully saturated rings. The van der Waals surface area contributed by atoms with Gasteiger partial charge in [0, 0.05) is 31.7 Å². The van der Waals surface area contributed by atoms with Crippen LogP contribution < -0.4 is 10.1 Å². The van der Waals surface area contributed by atoms with Gasteiger partial charge in [-0.05, 0) is 45.1 Å². The molecule has 2 heterocycles. The molecule has 2 atom stereocenters. The van der Waals surface area contributed by atoms with Crippen molar-refractivity contribution in [3.05, 3.63) is 23.8 Å². The second kappa shape index (κ2) is 8.99. The lowest BCUT2D eigenvalue weighted by Gasteiger charge is -2.33. The van der Waals surface area contributed by atoms with E-state index in [2.05, 4.69) is 17.1 Å². The minimum absolute atomic E-state index is 0.0664. The van der Waals surface area contributed by atoms with Crippen LogP contribution in [0.2, 0.25) is 0 Å². The van der Waals surface area contributed by atoms with Gasteiger partial charge in [-0.1, -0.05) is 13.8 Å². The molecule has 3 rings (SSSR count). The Morgan fingerprint density at radius 2 is 1.79 bits per heavy atom. The monoisotopic (exact) mass is 424 g/mol. The minimum Gasteiger partial charge on any atom is -0.493 e. The zero-order valence-corrected chi connectivity index (χ0v) is 18.5. The number of carbonyl (C=O) groups excluding carboxylic acids is 1. The first kappa shape index (κ1) is 22.0. The Hall–Kier alpha value is -1.68. The fourth-order valence-corrected chi connectivity index (χ4v) is 5.51. The minimum atomic E-state index is -3.61. The molecular weight excluding hydrogens is 392 g/mol. The van der Waals surface area contributed by atoms with E-state index in [1.54, 1.807) is 22.5 Å². The molecule has 0 saturated carbocycles. The molecule has 2 aliphatic rings. The Morgan fingerprint density at radius 3 is 2.38 bits per heavy atom. The lowest BCUT2D eigenvalue weighted by Crippen LogP contribution is -2.48. The summed E-state index contributed by atoms with van der Waals surface area (Å²) in [4.78, 5) is 16.8. The van der Waals surface area contributed by atoms with E-state index in [0.29, 0.717) is 37.6 Å². The van der Waals surface area contributed by atoms with E-state index in [9.17, 15) is 13.2 Å². The van der Waals surface area contributed by atoms with Crippen molar-refractivity contribution in [2.24, 2.45) is 0 Å². The quantitative estimate of drug-likeness (QED) is 0.710. The first-order valence-electron chi connectivity index (χ1n) is 10.4. The SMILES string of the molecule is CCOc1ccc(S(=O)(=O)N2CCN(CC)CC2)cc1C1NC(=O)C(C)N1CC. The summed E-state index contributed by atoms with van der Waals surface area (Å²) in [5.41, 5.74) is 0.680. The number of piperazine rings is 1. The lowest BCUT2D eigenvalue weighted by molar-refractivity contribution is -0.121. The molecule has 0 bridgehead atoms. The van der Waals surface area contributed by atoms with Gasteiger partial charge in [-0.25, -0.2) is 8.42 Å². The molecule has 0 aromatic heterocycles. The van der Waals surface area contributed by atoms with Gasteiger partial charge in [0.15, 0.2) is 0 Å². The van der Waals surface area contributed by atoms with E-state index in [1.165, 1.54) is 0 Å². The van der Waals surface area contributed by atoms with Gasteiger partial charge in [-0.15, -0.1) is 0 Å². The first-order valence-corrected chi connectivity index (χ1v) is 11.8. The van der Waals surface area contributed by atoms with Crippen LogP contribution in [0.15, 0.2) is 23.1 Å². The summed E-state index contributed by atoms with van der Waals surface area (Å²) in [5.74, 6) is 0.531. The van der Waals surface area contributed by atoms with E-state index >= 15 is 0 Å². The van der Waals surface area contributed by atoms with E-state index < -0.39 is 16.2 Å². The highest BCUT2D eigenvalue weighted by Crippen LogP contribution is 2.35. The standard InChI is InChI=1S/C20H32N4O4S/c1-5-22-10-12-23(13-11-22)29(26,27)16-8-9-18(28-7-3)17(14-16)19-21-20(25)15(4)24(19)6-2/h8-9,14-15,19H,5-7,10-13H2,1-4H3,(H,21,25). The van der Waals surface area contributed by atoms with Gasteiger partial charge in [0.05, 0.1) is 17.5 Å². The van der Waals surface area contributed by atoms with Crippen LogP contribution in [0.4, 0.5) is 0 Å². The molecule has 29 heavy (non-hydrogen) atoms. The number of carbonyl (C=O) groups is 1. The molecule has 0 radical (unpaired) electrons. The third-order valence-electron chi connectivity index (χ3n) is 5.84. The number of hydrogen-bond acceptors (Lipinski definition) is 6. The van der Waals surface area contributed by atoms with Crippen molar-refractivity contribution in [2.75, 3.05) is 45.9 Å². The third kappa shape index (κ3) is 4.28. The average molecular weight is 425 g/mol. The Morgan fingerprint density at radius 1 is 1.10 bits per heavy atom. The van der Waals surface area contributed by atoms with Crippen molar-refractivity contribution in [3.8, 4) is 5.75 Å². The molecule has 1 aromatic carbocycles. The molecule has 1 N–H and O–H groups in total. The van der Waals surface area contributed by atoms with Gasteiger partial charge in [0.2, 0.25) is 15.9 Å². The number of rotatable bonds is 7. The summed E-state index contributed by atoms with van der Waals surface area (Å²) in [6.45, 7) is 12.3. The normalized spacial score (nSPS) is 24.6. The highest BCUT2D eigenvalue weighted by molar-refractivity contribution is 7.89. The zero-order valence-electron chi connectivity index (χ0n) is 17.7. The second-order valence-corrected chi connectivity index (χ2v) is 9.33. The van der Waals surface area contributed by atoms with Crippen molar-refractivity contribution in [1.82, 2.24) is 19.4 Å². The number of nitrogens with one attached hydrogen (secondary N) is 1. The molecule has 9 heteroatoms. The Kier molecular flexibility index (Phi) is 6.83. The van der Waals surface area contributed by atoms with Crippen LogP contribution >= 0.6 is 0 Å². The van der Waals surface area contributed by atoms with E-state index in [-0.39, 0.29) is 16.8 Å². The Labute approximate surface area is 173 Å². The van der Waals surface area contributed by atoms with Crippen LogP contribution in [0.5, 0.6) is 5.75 Å². The maximum atomic E-state index is 13.3. The van der Waals surface area contributed by atoms with Crippen molar-refractivity contribution in [2.45, 2.75) is 44.8 Å². The predicted octanol–water partition coefficient (Wildman–Crippen LogP) is 1.25. The second-order valence-electron chi connectivity index (χ2n) is 7.39. The topological polar surface area (TPSA) is 82.2 Å². The molecule has 8 nitrogen and oxygen atoms in total. The third-order valence-corrected chi connectivity index (χ3v) is 7.74. The number of nitrogens with zero attached hydrogens (tertiary/aromatic N) is 3. The van der Waals surface area contributed by atoms with Gasteiger partial charge in [-0.3, -0.25) is 9.69 Å². The summed E-state index contributed by atoms with van der Waals surface area (Å²) in [6.07, 6.45) is -0.406. The predicted molar refractivity (Wildman–Crippen MR) is 111 cm³/mol. The van der Waals surface area contributed by atoms with E-state index in [4.69, 9.17) is 4.74 Å². The van der Waals surface area contributed by atoms with E-state index in [1.807, 2.05) is 25.7 Å². The Balaban J connectivity index is 1.95. The van der Waals surface area contributed by atoms with Crippen molar-refractivity contribution >= 4 is 15.9 Å². The highest BCUT2D eigenvalue weighted by Gasteiger charge is 2.39. The number of hydrogen-bond donors (Lipinski definition) is 1. The van der Waals surface area contributed by atoms with E-state index in [0.717, 1.165) is 19.6 Å². The fourth-order valence-electron chi connectivity index (χ4n) is 4.05. The summed E-state index contributed by atoms with van der Waals surface area (Å²) < 4.78 is 33.8. The number of likely N-dealkylation sites (N-methyl/N-ethyl adjacent to an activating group) is 2. The number of benzene rings is 1. The molecule has 0 aliphatic carbocycles. The number of ether oxygens (including phenoxy) is 1. The summed E-state index contributed by atoms with van der Waals surface area (Å²) in [6, 6.07) is 4.70. The molecule has 1 amide bonds. The van der Waals surface area contributed by atoms with Crippen molar-refractivity contribution < 1.29 is 17.9 Å². The van der Waals surface area contributed by atoms with Crippen LogP contribution in [-0.4, -0.2) is 80.3 Å². The largest absolute Gasteiger partial charge is 0.493 e. The maximum absolute atomic E-state index is 13.3. The summed E-state index contributed by atoms with van der Waals surface area (Å²) in [5, 5.41) is 2.98. The zero-order chi connectivity index (χ0) is 21.2. The van der Waals surface area contributed by atoms with Crippen LogP contribution in [0.1, 0.15) is 39.4 Å². The fraction of sp³-hybridized carbons (Fsp3) is 0.650. The van der Waals surface area contributed by atoms with Gasteiger partial charge in [-0.2, -0.15) is 4.31 Å². The molecule has 1 aromatic rings. The number of amides is 1.